The molecular weight excluding hydrogens is 250 g/mol. The second kappa shape index (κ2) is 6.12. The van der Waals surface area contributed by atoms with Crippen molar-refractivity contribution in [3.63, 3.8) is 0 Å². The van der Waals surface area contributed by atoms with E-state index in [9.17, 15) is 8.42 Å². The maximum Gasteiger partial charge on any atom is 0.205 e. The Morgan fingerprint density at radius 1 is 1.38 bits per heavy atom. The molecule has 1 heterocycles. The summed E-state index contributed by atoms with van der Waals surface area (Å²) in [7, 11) is -2.93. The normalized spacial score (nSPS) is 11.6. The van der Waals surface area contributed by atoms with E-state index in [-0.39, 0.29) is 12.4 Å². The molecule has 0 aliphatic carbocycles. The Labute approximate surface area is 99.0 Å². The van der Waals surface area contributed by atoms with Gasteiger partial charge in [-0.2, -0.15) is 0 Å². The summed E-state index contributed by atoms with van der Waals surface area (Å²) in [6.07, 6.45) is 1.19. The molecule has 6 nitrogen and oxygen atoms in total. The van der Waals surface area contributed by atoms with Crippen LogP contribution >= 0.6 is 11.3 Å². The van der Waals surface area contributed by atoms with E-state index in [2.05, 4.69) is 15.5 Å². The standard InChI is InChI=1S/C8H15N3O3S2/c1-7-10-11-8(15-7)9-3-4-14-5-6-16(2,12)13/h3-6H2,1-2H3,(H,9,11). The van der Waals surface area contributed by atoms with Gasteiger partial charge in [-0.05, 0) is 6.92 Å². The summed E-state index contributed by atoms with van der Waals surface area (Å²) >= 11 is 1.47. The Morgan fingerprint density at radius 2 is 2.12 bits per heavy atom. The molecule has 0 atom stereocenters. The maximum absolute atomic E-state index is 10.8. The molecule has 0 bridgehead atoms. The second-order valence-electron chi connectivity index (χ2n) is 3.30. The Bertz CT molecular complexity index is 416. The molecule has 8 heteroatoms. The molecule has 1 rings (SSSR count). The van der Waals surface area contributed by atoms with Crippen LogP contribution in [0.4, 0.5) is 5.13 Å². The van der Waals surface area contributed by atoms with Gasteiger partial charge in [-0.15, -0.1) is 10.2 Å². The number of nitrogens with one attached hydrogen (secondary N) is 1. The zero-order valence-electron chi connectivity index (χ0n) is 9.26. The van der Waals surface area contributed by atoms with Gasteiger partial charge in [-0.1, -0.05) is 11.3 Å². The van der Waals surface area contributed by atoms with Crippen molar-refractivity contribution in [2.45, 2.75) is 6.92 Å². The van der Waals surface area contributed by atoms with Crippen molar-refractivity contribution >= 4 is 26.3 Å². The van der Waals surface area contributed by atoms with Crippen molar-refractivity contribution in [3.05, 3.63) is 5.01 Å². The molecule has 0 aromatic carbocycles. The van der Waals surface area contributed by atoms with E-state index in [1.807, 2.05) is 6.92 Å². The van der Waals surface area contributed by atoms with Crippen molar-refractivity contribution in [2.24, 2.45) is 0 Å². The topological polar surface area (TPSA) is 81.2 Å². The molecule has 0 aliphatic rings. The van der Waals surface area contributed by atoms with Gasteiger partial charge in [0.05, 0.1) is 19.0 Å². The summed E-state index contributed by atoms with van der Waals surface area (Å²) in [5.41, 5.74) is 0. The number of nitrogens with zero attached hydrogens (tertiary/aromatic N) is 2. The van der Waals surface area contributed by atoms with Gasteiger partial charge in [0.1, 0.15) is 14.8 Å². The number of sulfone groups is 1. The summed E-state index contributed by atoms with van der Waals surface area (Å²) in [5, 5.41) is 12.4. The average Bonchev–Trinajstić information content (AvgIpc) is 2.56. The molecule has 1 aromatic rings. The van der Waals surface area contributed by atoms with Crippen LogP contribution in [0.15, 0.2) is 0 Å². The third-order valence-corrected chi connectivity index (χ3v) is 3.35. The second-order valence-corrected chi connectivity index (χ2v) is 6.74. The van der Waals surface area contributed by atoms with Gasteiger partial charge >= 0.3 is 0 Å². The summed E-state index contributed by atoms with van der Waals surface area (Å²) in [6, 6.07) is 0. The molecule has 0 unspecified atom stereocenters. The Balaban J connectivity index is 2.04. The molecule has 0 saturated heterocycles. The fourth-order valence-electron chi connectivity index (χ4n) is 0.910. The highest BCUT2D eigenvalue weighted by molar-refractivity contribution is 7.90. The van der Waals surface area contributed by atoms with Gasteiger partial charge in [0.25, 0.3) is 0 Å². The van der Waals surface area contributed by atoms with Crippen LogP contribution in [0, 0.1) is 6.92 Å². The largest absolute Gasteiger partial charge is 0.379 e. The maximum atomic E-state index is 10.8. The van der Waals surface area contributed by atoms with Gasteiger partial charge < -0.3 is 10.1 Å². The molecule has 0 amide bonds. The number of rotatable bonds is 7. The monoisotopic (exact) mass is 265 g/mol. The third-order valence-electron chi connectivity index (χ3n) is 1.65. The van der Waals surface area contributed by atoms with Crippen LogP contribution in [0.25, 0.3) is 0 Å². The lowest BCUT2D eigenvalue weighted by Gasteiger charge is -2.03. The minimum atomic E-state index is -2.93. The fraction of sp³-hybridized carbons (Fsp3) is 0.750. The Morgan fingerprint density at radius 3 is 2.69 bits per heavy atom. The quantitative estimate of drug-likeness (QED) is 0.715. The van der Waals surface area contributed by atoms with Crippen LogP contribution in [-0.4, -0.2) is 50.4 Å². The smallest absolute Gasteiger partial charge is 0.205 e. The first-order valence-electron chi connectivity index (χ1n) is 4.77. The first-order chi connectivity index (χ1) is 7.47. The zero-order chi connectivity index (χ0) is 12.0. The predicted molar refractivity (Wildman–Crippen MR) is 63.7 cm³/mol. The summed E-state index contributed by atoms with van der Waals surface area (Å²) in [4.78, 5) is 0. The van der Waals surface area contributed by atoms with Crippen molar-refractivity contribution in [1.29, 1.82) is 0 Å². The van der Waals surface area contributed by atoms with Gasteiger partial charge in [-0.25, -0.2) is 8.42 Å². The molecule has 16 heavy (non-hydrogen) atoms. The molecule has 1 N–H and O–H groups in total. The van der Waals surface area contributed by atoms with Crippen LogP contribution in [0.1, 0.15) is 5.01 Å². The fourth-order valence-corrected chi connectivity index (χ4v) is 1.95. The van der Waals surface area contributed by atoms with Crippen LogP contribution in [0.5, 0.6) is 0 Å². The SMILES string of the molecule is Cc1nnc(NCCOCCS(C)(=O)=O)s1. The van der Waals surface area contributed by atoms with E-state index in [4.69, 9.17) is 4.74 Å². The van der Waals surface area contributed by atoms with Gasteiger partial charge in [0.2, 0.25) is 5.13 Å². The van der Waals surface area contributed by atoms with E-state index in [0.717, 1.165) is 10.1 Å². The Kier molecular flexibility index (Phi) is 5.10. The van der Waals surface area contributed by atoms with Crippen LogP contribution < -0.4 is 5.32 Å². The highest BCUT2D eigenvalue weighted by atomic mass is 32.2. The molecule has 1 aromatic heterocycles. The predicted octanol–water partition coefficient (Wildman–Crippen LogP) is 0.320. The summed E-state index contributed by atoms with van der Waals surface area (Å²) < 4.78 is 26.7. The highest BCUT2D eigenvalue weighted by Crippen LogP contribution is 2.12. The number of aryl methyl sites for hydroxylation is 1. The highest BCUT2D eigenvalue weighted by Gasteiger charge is 2.01. The molecule has 0 saturated carbocycles. The van der Waals surface area contributed by atoms with Crippen molar-refractivity contribution in [2.75, 3.05) is 37.1 Å². The number of anilines is 1. The number of hydrogen-bond acceptors (Lipinski definition) is 7. The lowest BCUT2D eigenvalue weighted by Crippen LogP contribution is -2.14. The summed E-state index contributed by atoms with van der Waals surface area (Å²) in [5.74, 6) is 0.0604. The first-order valence-corrected chi connectivity index (χ1v) is 7.64. The minimum absolute atomic E-state index is 0.0604. The molecule has 0 spiro atoms. The van der Waals surface area contributed by atoms with Gasteiger partial charge in [0, 0.05) is 12.8 Å². The van der Waals surface area contributed by atoms with E-state index in [1.54, 1.807) is 0 Å². The zero-order valence-corrected chi connectivity index (χ0v) is 10.9. The minimum Gasteiger partial charge on any atom is -0.379 e. The molecule has 0 fully saturated rings. The molecule has 0 radical (unpaired) electrons. The van der Waals surface area contributed by atoms with Crippen molar-refractivity contribution in [1.82, 2.24) is 10.2 Å². The van der Waals surface area contributed by atoms with Crippen LogP contribution in [0.2, 0.25) is 0 Å². The van der Waals surface area contributed by atoms with Crippen molar-refractivity contribution in [3.8, 4) is 0 Å². The molecule has 0 aliphatic heterocycles. The van der Waals surface area contributed by atoms with E-state index in [1.165, 1.54) is 17.6 Å². The lowest BCUT2D eigenvalue weighted by atomic mass is 10.7. The summed E-state index contributed by atoms with van der Waals surface area (Å²) in [6.45, 7) is 3.16. The molecule has 92 valence electrons. The van der Waals surface area contributed by atoms with Crippen molar-refractivity contribution < 1.29 is 13.2 Å². The number of aromatic nitrogens is 2. The van der Waals surface area contributed by atoms with Crippen LogP contribution in [-0.2, 0) is 14.6 Å². The van der Waals surface area contributed by atoms with Crippen LogP contribution in [0.3, 0.4) is 0 Å². The van der Waals surface area contributed by atoms with E-state index in [0.29, 0.717) is 13.2 Å². The lowest BCUT2D eigenvalue weighted by molar-refractivity contribution is 0.159. The first kappa shape index (κ1) is 13.3. The van der Waals surface area contributed by atoms with E-state index < -0.39 is 9.84 Å². The third kappa shape index (κ3) is 5.99. The number of hydrogen-bond donors (Lipinski definition) is 1. The number of ether oxygens (including phenoxy) is 1. The van der Waals surface area contributed by atoms with E-state index >= 15 is 0 Å². The average molecular weight is 265 g/mol. The van der Waals surface area contributed by atoms with Gasteiger partial charge in [0.15, 0.2) is 0 Å². The Hall–Kier alpha value is -0.730. The molecular formula is C8H15N3O3S2. The van der Waals surface area contributed by atoms with Gasteiger partial charge in [-0.3, -0.25) is 0 Å².